The molecule has 0 fully saturated rings. The zero-order chi connectivity index (χ0) is 12.1. The molecule has 0 amide bonds. The number of nitriles is 1. The highest BCUT2D eigenvalue weighted by molar-refractivity contribution is 7.16. The molecule has 1 aromatic heterocycles. The fourth-order valence-corrected chi connectivity index (χ4v) is 2.04. The molecule has 1 aromatic carbocycles. The van der Waals surface area contributed by atoms with E-state index >= 15 is 0 Å². The van der Waals surface area contributed by atoms with Gasteiger partial charge in [-0.2, -0.15) is 5.26 Å². The van der Waals surface area contributed by atoms with E-state index in [9.17, 15) is 0 Å². The Morgan fingerprint density at radius 2 is 2.29 bits per heavy atom. The van der Waals surface area contributed by atoms with Crippen molar-refractivity contribution in [2.75, 3.05) is 12.4 Å². The Bertz CT molecular complexity index is 545. The van der Waals surface area contributed by atoms with Gasteiger partial charge in [-0.05, 0) is 6.07 Å². The van der Waals surface area contributed by atoms with Crippen LogP contribution in [0.1, 0.15) is 10.4 Å². The smallest absolute Gasteiger partial charge is 0.184 e. The summed E-state index contributed by atoms with van der Waals surface area (Å²) in [7, 11) is 1.65. The molecule has 0 aliphatic rings. The molecule has 0 atom stereocenters. The third-order valence-corrected chi connectivity index (χ3v) is 3.10. The minimum absolute atomic E-state index is 0.604. The Morgan fingerprint density at radius 3 is 3.00 bits per heavy atom. The fraction of sp³-hybridized carbons (Fsp3) is 0.167. The summed E-state index contributed by atoms with van der Waals surface area (Å²) in [4.78, 5) is 4.71. The van der Waals surface area contributed by atoms with Gasteiger partial charge in [0, 0.05) is 12.1 Å². The summed E-state index contributed by atoms with van der Waals surface area (Å²) in [6.45, 7) is 0.627. The van der Waals surface area contributed by atoms with Gasteiger partial charge in [-0.15, -0.1) is 0 Å². The molecule has 0 spiro atoms. The highest BCUT2D eigenvalue weighted by Crippen LogP contribution is 2.21. The largest absolute Gasteiger partial charge is 0.496 e. The first-order valence-electron chi connectivity index (χ1n) is 5.05. The molecule has 86 valence electrons. The summed E-state index contributed by atoms with van der Waals surface area (Å²) in [5, 5.41) is 12.6. The van der Waals surface area contributed by atoms with Crippen LogP contribution >= 0.6 is 11.3 Å². The number of nitrogens with one attached hydrogen (secondary N) is 1. The van der Waals surface area contributed by atoms with Crippen molar-refractivity contribution in [3.05, 3.63) is 40.9 Å². The number of hydrogen-bond donors (Lipinski definition) is 1. The van der Waals surface area contributed by atoms with E-state index < -0.39 is 0 Å². The van der Waals surface area contributed by atoms with Crippen molar-refractivity contribution in [1.82, 2.24) is 4.98 Å². The molecule has 0 radical (unpaired) electrons. The summed E-state index contributed by atoms with van der Waals surface area (Å²) in [6.07, 6.45) is 1.56. The van der Waals surface area contributed by atoms with Crippen molar-refractivity contribution in [1.29, 1.82) is 5.26 Å². The molecule has 1 N–H and O–H groups in total. The Kier molecular flexibility index (Phi) is 3.58. The summed E-state index contributed by atoms with van der Waals surface area (Å²) in [5.74, 6) is 0.845. The van der Waals surface area contributed by atoms with E-state index in [0.717, 1.165) is 16.4 Å². The van der Waals surface area contributed by atoms with Gasteiger partial charge in [-0.3, -0.25) is 0 Å². The average molecular weight is 245 g/mol. The monoisotopic (exact) mass is 245 g/mol. The Hall–Kier alpha value is -2.06. The second kappa shape index (κ2) is 5.32. The van der Waals surface area contributed by atoms with Gasteiger partial charge in [-0.1, -0.05) is 29.5 Å². The van der Waals surface area contributed by atoms with Gasteiger partial charge in [0.2, 0.25) is 0 Å². The van der Waals surface area contributed by atoms with Crippen LogP contribution in [0.3, 0.4) is 0 Å². The zero-order valence-corrected chi connectivity index (χ0v) is 10.1. The van der Waals surface area contributed by atoms with Crippen LogP contribution in [-0.4, -0.2) is 12.1 Å². The standard InChI is InChI=1S/C12H11N3OS/c1-16-11-5-3-2-4-9(11)7-14-12-15-8-10(6-13)17-12/h2-5,8H,7H2,1H3,(H,14,15). The molecule has 0 aliphatic carbocycles. The van der Waals surface area contributed by atoms with Crippen LogP contribution in [0.25, 0.3) is 0 Å². The molecule has 2 aromatic rings. The predicted molar refractivity (Wildman–Crippen MR) is 67.1 cm³/mol. The number of nitrogens with zero attached hydrogens (tertiary/aromatic N) is 2. The van der Waals surface area contributed by atoms with E-state index in [4.69, 9.17) is 10.00 Å². The average Bonchev–Trinajstić information content (AvgIpc) is 2.84. The predicted octanol–water partition coefficient (Wildman–Crippen LogP) is 2.64. The van der Waals surface area contributed by atoms with Gasteiger partial charge in [-0.25, -0.2) is 4.98 Å². The molecule has 0 aliphatic heterocycles. The summed E-state index contributed by atoms with van der Waals surface area (Å²) in [5.41, 5.74) is 1.06. The molecule has 0 saturated heterocycles. The van der Waals surface area contributed by atoms with Gasteiger partial charge in [0.05, 0.1) is 13.3 Å². The van der Waals surface area contributed by atoms with Gasteiger partial charge in [0.15, 0.2) is 5.13 Å². The first-order valence-corrected chi connectivity index (χ1v) is 5.87. The van der Waals surface area contributed by atoms with E-state index in [1.165, 1.54) is 11.3 Å². The molecule has 0 saturated carbocycles. The van der Waals surface area contributed by atoms with Crippen molar-refractivity contribution in [3.63, 3.8) is 0 Å². The third-order valence-electron chi connectivity index (χ3n) is 2.24. The fourth-order valence-electron chi connectivity index (χ4n) is 1.43. The van der Waals surface area contributed by atoms with Gasteiger partial charge in [0.25, 0.3) is 0 Å². The molecule has 0 unspecified atom stereocenters. The molecule has 2 rings (SSSR count). The lowest BCUT2D eigenvalue weighted by Crippen LogP contribution is -2.00. The molecular formula is C12H11N3OS. The second-order valence-corrected chi connectivity index (χ2v) is 4.34. The van der Waals surface area contributed by atoms with Crippen LogP contribution in [-0.2, 0) is 6.54 Å². The van der Waals surface area contributed by atoms with Gasteiger partial charge in [0.1, 0.15) is 16.7 Å². The van der Waals surface area contributed by atoms with E-state index in [0.29, 0.717) is 11.4 Å². The highest BCUT2D eigenvalue weighted by Gasteiger charge is 2.03. The maximum Gasteiger partial charge on any atom is 0.184 e. The van der Waals surface area contributed by atoms with Crippen molar-refractivity contribution in [3.8, 4) is 11.8 Å². The van der Waals surface area contributed by atoms with E-state index in [2.05, 4.69) is 16.4 Å². The summed E-state index contributed by atoms with van der Waals surface area (Å²) < 4.78 is 5.25. The lowest BCUT2D eigenvalue weighted by molar-refractivity contribution is 0.410. The van der Waals surface area contributed by atoms with Crippen molar-refractivity contribution >= 4 is 16.5 Å². The molecule has 5 heteroatoms. The number of anilines is 1. The molecule has 17 heavy (non-hydrogen) atoms. The number of ether oxygens (including phenoxy) is 1. The van der Waals surface area contributed by atoms with Crippen molar-refractivity contribution in [2.45, 2.75) is 6.54 Å². The van der Waals surface area contributed by atoms with Crippen LogP contribution in [0.5, 0.6) is 5.75 Å². The topological polar surface area (TPSA) is 57.9 Å². The maximum absolute atomic E-state index is 8.69. The number of para-hydroxylation sites is 1. The lowest BCUT2D eigenvalue weighted by atomic mass is 10.2. The normalized spacial score (nSPS) is 9.65. The Labute approximate surface area is 103 Å². The highest BCUT2D eigenvalue weighted by atomic mass is 32.1. The third kappa shape index (κ3) is 2.74. The Morgan fingerprint density at radius 1 is 1.47 bits per heavy atom. The van der Waals surface area contributed by atoms with Crippen LogP contribution < -0.4 is 10.1 Å². The molecule has 0 bridgehead atoms. The maximum atomic E-state index is 8.69. The minimum atomic E-state index is 0.604. The number of rotatable bonds is 4. The number of hydrogen-bond acceptors (Lipinski definition) is 5. The van der Waals surface area contributed by atoms with Crippen LogP contribution in [0, 0.1) is 11.3 Å². The molecule has 4 nitrogen and oxygen atoms in total. The van der Waals surface area contributed by atoms with Crippen LogP contribution in [0.2, 0.25) is 0 Å². The number of methoxy groups -OCH3 is 1. The lowest BCUT2D eigenvalue weighted by Gasteiger charge is -2.08. The van der Waals surface area contributed by atoms with E-state index in [1.807, 2.05) is 24.3 Å². The SMILES string of the molecule is COc1ccccc1CNc1ncc(C#N)s1. The number of thiazole rings is 1. The quantitative estimate of drug-likeness (QED) is 0.899. The number of aromatic nitrogens is 1. The second-order valence-electron chi connectivity index (χ2n) is 3.31. The van der Waals surface area contributed by atoms with Crippen molar-refractivity contribution in [2.24, 2.45) is 0 Å². The van der Waals surface area contributed by atoms with Crippen LogP contribution in [0.4, 0.5) is 5.13 Å². The first kappa shape index (κ1) is 11.4. The van der Waals surface area contributed by atoms with E-state index in [1.54, 1.807) is 13.3 Å². The summed E-state index contributed by atoms with van der Waals surface area (Å²) in [6, 6.07) is 9.86. The van der Waals surface area contributed by atoms with Crippen molar-refractivity contribution < 1.29 is 4.74 Å². The molecule has 1 heterocycles. The summed E-state index contributed by atoms with van der Waals surface area (Å²) >= 11 is 1.34. The van der Waals surface area contributed by atoms with Gasteiger partial charge < -0.3 is 10.1 Å². The van der Waals surface area contributed by atoms with E-state index in [-0.39, 0.29) is 0 Å². The Balaban J connectivity index is 2.05. The first-order chi connectivity index (χ1) is 8.33. The number of benzene rings is 1. The molecular weight excluding hydrogens is 234 g/mol. The van der Waals surface area contributed by atoms with Gasteiger partial charge >= 0.3 is 0 Å². The zero-order valence-electron chi connectivity index (χ0n) is 9.30. The van der Waals surface area contributed by atoms with Crippen LogP contribution in [0.15, 0.2) is 30.5 Å². The minimum Gasteiger partial charge on any atom is -0.496 e.